The summed E-state index contributed by atoms with van der Waals surface area (Å²) in [7, 11) is 1.85. The molecular weight excluding hydrogens is 466 g/mol. The van der Waals surface area contributed by atoms with Crippen LogP contribution in [0.5, 0.6) is 5.75 Å². The molecule has 4 aromatic rings. The zero-order chi connectivity index (χ0) is 25.1. The molecule has 0 aliphatic carbocycles. The van der Waals surface area contributed by atoms with E-state index in [1.165, 1.54) is 0 Å². The highest BCUT2D eigenvalue weighted by atomic mass is 35.5. The van der Waals surface area contributed by atoms with E-state index in [1.807, 2.05) is 51.2 Å². The number of fused-ring (bicyclic) bond motifs is 1. The minimum absolute atomic E-state index is 0.262. The van der Waals surface area contributed by atoms with Crippen molar-refractivity contribution in [2.45, 2.75) is 33.6 Å². The van der Waals surface area contributed by atoms with Gasteiger partial charge in [0.2, 0.25) is 0 Å². The number of carbonyl (C=O) groups is 1. The Bertz CT molecular complexity index is 1370. The highest BCUT2D eigenvalue weighted by molar-refractivity contribution is 6.29. The standard InChI is InChI=1S/C25H28ClN7O2/c1-6-35-18-9-7-16(8-10-18)20-11-17(12-21(26)28-20)27-25(34)31-30-22-13-19(14(2)3)23-15(4)32-33(5)24(23)29-22/h7-14H,6H2,1-5H3,(H,29,30)(H2,27,28,31,34). The molecule has 0 saturated carbocycles. The second kappa shape index (κ2) is 10.2. The summed E-state index contributed by atoms with van der Waals surface area (Å²) in [5.41, 5.74) is 10.3. The second-order valence-corrected chi connectivity index (χ2v) is 8.77. The molecule has 2 amide bonds. The SMILES string of the molecule is CCOc1ccc(-c2cc(NC(=O)NNc3cc(C(C)C)c4c(C)nn(C)c4n3)cc(Cl)n2)cc1. The Morgan fingerprint density at radius 3 is 2.57 bits per heavy atom. The van der Waals surface area contributed by atoms with E-state index < -0.39 is 6.03 Å². The Morgan fingerprint density at radius 2 is 1.89 bits per heavy atom. The van der Waals surface area contributed by atoms with Crippen molar-refractivity contribution in [2.75, 3.05) is 17.3 Å². The molecule has 10 heteroatoms. The molecule has 0 unspecified atom stereocenters. The predicted molar refractivity (Wildman–Crippen MR) is 139 cm³/mol. The summed E-state index contributed by atoms with van der Waals surface area (Å²) in [6, 6.07) is 12.3. The van der Waals surface area contributed by atoms with Gasteiger partial charge >= 0.3 is 6.03 Å². The Labute approximate surface area is 208 Å². The number of amides is 2. The number of nitrogens with one attached hydrogen (secondary N) is 3. The van der Waals surface area contributed by atoms with Gasteiger partial charge in [-0.1, -0.05) is 25.4 Å². The van der Waals surface area contributed by atoms with Gasteiger partial charge in [-0.2, -0.15) is 5.10 Å². The Kier molecular flexibility index (Phi) is 7.07. The maximum Gasteiger partial charge on any atom is 0.337 e. The van der Waals surface area contributed by atoms with Crippen molar-refractivity contribution in [3.63, 3.8) is 0 Å². The number of rotatable bonds is 7. The minimum Gasteiger partial charge on any atom is -0.494 e. The van der Waals surface area contributed by atoms with Crippen LogP contribution in [0.4, 0.5) is 16.3 Å². The van der Waals surface area contributed by atoms with Crippen molar-refractivity contribution in [2.24, 2.45) is 7.05 Å². The second-order valence-electron chi connectivity index (χ2n) is 8.38. The van der Waals surface area contributed by atoms with Gasteiger partial charge in [0, 0.05) is 23.7 Å². The van der Waals surface area contributed by atoms with Crippen molar-refractivity contribution < 1.29 is 9.53 Å². The highest BCUT2D eigenvalue weighted by Gasteiger charge is 2.16. The van der Waals surface area contributed by atoms with Gasteiger partial charge in [-0.05, 0) is 67.8 Å². The number of urea groups is 1. The lowest BCUT2D eigenvalue weighted by Gasteiger charge is -2.14. The Morgan fingerprint density at radius 1 is 1.14 bits per heavy atom. The van der Waals surface area contributed by atoms with E-state index in [1.54, 1.807) is 16.8 Å². The average Bonchev–Trinajstić information content (AvgIpc) is 3.10. The largest absolute Gasteiger partial charge is 0.494 e. The van der Waals surface area contributed by atoms with Crippen LogP contribution in [-0.2, 0) is 7.05 Å². The van der Waals surface area contributed by atoms with Crippen LogP contribution in [0.25, 0.3) is 22.3 Å². The van der Waals surface area contributed by atoms with E-state index in [4.69, 9.17) is 16.3 Å². The summed E-state index contributed by atoms with van der Waals surface area (Å²) in [4.78, 5) is 21.6. The van der Waals surface area contributed by atoms with Crippen molar-refractivity contribution in [1.82, 2.24) is 25.2 Å². The number of carbonyl (C=O) groups excluding carboxylic acids is 1. The van der Waals surface area contributed by atoms with Gasteiger partial charge in [0.05, 0.1) is 18.0 Å². The number of aryl methyl sites for hydroxylation is 2. The fourth-order valence-corrected chi connectivity index (χ4v) is 4.09. The lowest BCUT2D eigenvalue weighted by molar-refractivity contribution is 0.254. The average molecular weight is 494 g/mol. The van der Waals surface area contributed by atoms with Crippen LogP contribution in [0.3, 0.4) is 0 Å². The molecule has 0 radical (unpaired) electrons. The number of hydrazine groups is 1. The van der Waals surface area contributed by atoms with E-state index in [9.17, 15) is 4.79 Å². The minimum atomic E-state index is -0.473. The predicted octanol–water partition coefficient (Wildman–Crippen LogP) is 5.66. The first-order chi connectivity index (χ1) is 16.7. The van der Waals surface area contributed by atoms with Crippen LogP contribution >= 0.6 is 11.6 Å². The zero-order valence-corrected chi connectivity index (χ0v) is 21.1. The molecule has 9 nitrogen and oxygen atoms in total. The van der Waals surface area contributed by atoms with E-state index in [-0.39, 0.29) is 11.1 Å². The monoisotopic (exact) mass is 493 g/mol. The third-order valence-corrected chi connectivity index (χ3v) is 5.63. The van der Waals surface area contributed by atoms with Gasteiger partial charge in [-0.3, -0.25) is 15.5 Å². The van der Waals surface area contributed by atoms with E-state index >= 15 is 0 Å². The topological polar surface area (TPSA) is 106 Å². The van der Waals surface area contributed by atoms with Gasteiger partial charge in [0.1, 0.15) is 16.7 Å². The molecular formula is C25H28ClN7O2. The first-order valence-electron chi connectivity index (χ1n) is 11.3. The van der Waals surface area contributed by atoms with Crippen molar-refractivity contribution in [1.29, 1.82) is 0 Å². The summed E-state index contributed by atoms with van der Waals surface area (Å²) in [6.45, 7) is 8.72. The number of aromatic nitrogens is 4. The van der Waals surface area contributed by atoms with Crippen LogP contribution in [0, 0.1) is 6.92 Å². The third kappa shape index (κ3) is 5.46. The molecule has 0 spiro atoms. The maximum atomic E-state index is 12.6. The molecule has 3 aromatic heterocycles. The highest BCUT2D eigenvalue weighted by Crippen LogP contribution is 2.29. The van der Waals surface area contributed by atoms with Gasteiger partial charge in [0.25, 0.3) is 0 Å². The van der Waals surface area contributed by atoms with Gasteiger partial charge in [0.15, 0.2) is 5.65 Å². The molecule has 3 heterocycles. The first kappa shape index (κ1) is 24.3. The summed E-state index contributed by atoms with van der Waals surface area (Å²) < 4.78 is 7.22. The first-order valence-corrected chi connectivity index (χ1v) is 11.7. The zero-order valence-electron chi connectivity index (χ0n) is 20.3. The number of hydrogen-bond acceptors (Lipinski definition) is 6. The molecule has 0 fully saturated rings. The maximum absolute atomic E-state index is 12.6. The van der Waals surface area contributed by atoms with Crippen molar-refractivity contribution >= 4 is 40.2 Å². The molecule has 35 heavy (non-hydrogen) atoms. The van der Waals surface area contributed by atoms with Crippen molar-refractivity contribution in [3.05, 3.63) is 58.9 Å². The molecule has 182 valence electrons. The number of hydrogen-bond donors (Lipinski definition) is 3. The van der Waals surface area contributed by atoms with Gasteiger partial charge in [-0.25, -0.2) is 14.8 Å². The van der Waals surface area contributed by atoms with Crippen LogP contribution < -0.4 is 20.9 Å². The summed E-state index contributed by atoms with van der Waals surface area (Å²) in [6.07, 6.45) is 0. The molecule has 0 bridgehead atoms. The van der Waals surface area contributed by atoms with Crippen molar-refractivity contribution in [3.8, 4) is 17.0 Å². The molecule has 0 atom stereocenters. The summed E-state index contributed by atoms with van der Waals surface area (Å²) in [5, 5.41) is 8.56. The molecule has 0 aliphatic heterocycles. The smallest absolute Gasteiger partial charge is 0.337 e. The summed E-state index contributed by atoms with van der Waals surface area (Å²) in [5.74, 6) is 1.55. The number of benzene rings is 1. The van der Waals surface area contributed by atoms with Crippen LogP contribution in [0.1, 0.15) is 37.9 Å². The molecule has 0 saturated heterocycles. The fourth-order valence-electron chi connectivity index (χ4n) is 3.89. The molecule has 0 aliphatic rings. The molecule has 1 aromatic carbocycles. The Hall–Kier alpha value is -3.85. The van der Waals surface area contributed by atoms with E-state index in [0.29, 0.717) is 23.8 Å². The van der Waals surface area contributed by atoms with E-state index in [0.717, 1.165) is 33.6 Å². The lowest BCUT2D eigenvalue weighted by Crippen LogP contribution is -2.34. The van der Waals surface area contributed by atoms with Gasteiger partial charge < -0.3 is 10.1 Å². The van der Waals surface area contributed by atoms with E-state index in [2.05, 4.69) is 45.1 Å². The third-order valence-electron chi connectivity index (χ3n) is 5.44. The number of pyridine rings is 2. The Balaban J connectivity index is 1.48. The van der Waals surface area contributed by atoms with Crippen LogP contribution in [0.2, 0.25) is 5.15 Å². The summed E-state index contributed by atoms with van der Waals surface area (Å²) >= 11 is 6.22. The number of nitrogens with zero attached hydrogens (tertiary/aromatic N) is 4. The fraction of sp³-hybridized carbons (Fsp3) is 0.280. The van der Waals surface area contributed by atoms with Crippen LogP contribution in [0.15, 0.2) is 42.5 Å². The van der Waals surface area contributed by atoms with Gasteiger partial charge in [-0.15, -0.1) is 0 Å². The number of halogens is 1. The quantitative estimate of drug-likeness (QED) is 0.226. The number of anilines is 2. The number of ether oxygens (including phenoxy) is 1. The molecule has 3 N–H and O–H groups in total. The van der Waals surface area contributed by atoms with Crippen LogP contribution in [-0.4, -0.2) is 32.4 Å². The molecule has 4 rings (SSSR count). The lowest BCUT2D eigenvalue weighted by atomic mass is 10.00. The normalized spacial score (nSPS) is 11.1.